The fourth-order valence-corrected chi connectivity index (χ4v) is 4.78. The summed E-state index contributed by atoms with van der Waals surface area (Å²) in [5, 5.41) is 4.18. The quantitative estimate of drug-likeness (QED) is 0.591. The molecular weight excluding hydrogens is 368 g/mol. The van der Waals surface area contributed by atoms with Gasteiger partial charge in [0.2, 0.25) is 0 Å². The fraction of sp³-hybridized carbons (Fsp3) is 0.500. The number of benzene rings is 1. The molecule has 0 amide bonds. The van der Waals surface area contributed by atoms with Crippen LogP contribution in [0, 0.1) is 11.8 Å². The van der Waals surface area contributed by atoms with Crippen LogP contribution in [0.4, 0.5) is 11.5 Å². The molecule has 3 heterocycles. The molecule has 0 spiro atoms. The summed E-state index contributed by atoms with van der Waals surface area (Å²) >= 11 is 1.59. The molecule has 2 aliphatic heterocycles. The van der Waals surface area contributed by atoms with Crippen LogP contribution in [0.3, 0.4) is 0 Å². The molecule has 0 atom stereocenters. The van der Waals surface area contributed by atoms with Gasteiger partial charge in [-0.3, -0.25) is 9.69 Å². The van der Waals surface area contributed by atoms with Crippen LogP contribution < -0.4 is 5.32 Å². The highest BCUT2D eigenvalue weighted by molar-refractivity contribution is 7.99. The minimum atomic E-state index is 0.195. The third kappa shape index (κ3) is 4.55. The summed E-state index contributed by atoms with van der Waals surface area (Å²) in [5.41, 5.74) is 1.71. The van der Waals surface area contributed by atoms with Crippen molar-refractivity contribution < 1.29 is 4.79 Å². The Morgan fingerprint density at radius 1 is 1.25 bits per heavy atom. The van der Waals surface area contributed by atoms with Gasteiger partial charge in [0.05, 0.1) is 12.2 Å². The SMILES string of the molecule is CC(C)CCC1CCN(CC(=O)c2ccc3c(c2)Nc2nccnc2S3)CC1. The van der Waals surface area contributed by atoms with Crippen LogP contribution >= 0.6 is 11.8 Å². The lowest BCUT2D eigenvalue weighted by atomic mass is 9.89. The van der Waals surface area contributed by atoms with Crippen molar-refractivity contribution >= 4 is 29.1 Å². The van der Waals surface area contributed by atoms with Crippen LogP contribution in [0.5, 0.6) is 0 Å². The number of likely N-dealkylation sites (tertiary alicyclic amines) is 1. The predicted molar refractivity (Wildman–Crippen MR) is 113 cm³/mol. The number of rotatable bonds is 6. The summed E-state index contributed by atoms with van der Waals surface area (Å²) in [5.74, 6) is 2.57. The number of hydrogen-bond acceptors (Lipinski definition) is 6. The second-order valence-corrected chi connectivity index (χ2v) is 9.29. The molecule has 0 saturated carbocycles. The van der Waals surface area contributed by atoms with Crippen LogP contribution in [0.15, 0.2) is 40.5 Å². The maximum Gasteiger partial charge on any atom is 0.176 e. The lowest BCUT2D eigenvalue weighted by Gasteiger charge is -2.31. The molecule has 0 bridgehead atoms. The van der Waals surface area contributed by atoms with Gasteiger partial charge in [0.1, 0.15) is 5.03 Å². The third-order valence-corrected chi connectivity index (χ3v) is 6.72. The summed E-state index contributed by atoms with van der Waals surface area (Å²) in [7, 11) is 0. The first kappa shape index (κ1) is 19.4. The maximum atomic E-state index is 12.8. The summed E-state index contributed by atoms with van der Waals surface area (Å²) in [6.45, 7) is 7.18. The number of nitrogens with one attached hydrogen (secondary N) is 1. The van der Waals surface area contributed by atoms with Gasteiger partial charge in [-0.05, 0) is 49.9 Å². The van der Waals surface area contributed by atoms with Crippen molar-refractivity contribution in [3.63, 3.8) is 0 Å². The lowest BCUT2D eigenvalue weighted by molar-refractivity contribution is 0.0891. The first-order valence-electron chi connectivity index (χ1n) is 10.2. The largest absolute Gasteiger partial charge is 0.337 e. The highest BCUT2D eigenvalue weighted by Gasteiger charge is 2.23. The highest BCUT2D eigenvalue weighted by Crippen LogP contribution is 2.42. The van der Waals surface area contributed by atoms with Crippen molar-refractivity contribution in [2.24, 2.45) is 11.8 Å². The van der Waals surface area contributed by atoms with E-state index < -0.39 is 0 Å². The van der Waals surface area contributed by atoms with Crippen LogP contribution in [0.25, 0.3) is 0 Å². The number of fused-ring (bicyclic) bond motifs is 2. The summed E-state index contributed by atoms with van der Waals surface area (Å²) in [6, 6.07) is 5.90. The third-order valence-electron chi connectivity index (χ3n) is 5.65. The number of aromatic nitrogens is 2. The van der Waals surface area contributed by atoms with Crippen LogP contribution in [0.1, 0.15) is 49.9 Å². The highest BCUT2D eigenvalue weighted by atomic mass is 32.2. The summed E-state index contributed by atoms with van der Waals surface area (Å²) < 4.78 is 0. The molecule has 1 aromatic heterocycles. The normalized spacial score (nSPS) is 17.1. The van der Waals surface area contributed by atoms with E-state index in [1.807, 2.05) is 18.2 Å². The van der Waals surface area contributed by atoms with Gasteiger partial charge in [0.25, 0.3) is 0 Å². The van der Waals surface area contributed by atoms with E-state index in [2.05, 4.69) is 34.0 Å². The zero-order valence-electron chi connectivity index (χ0n) is 16.6. The number of ketones is 1. The van der Waals surface area contributed by atoms with Gasteiger partial charge < -0.3 is 5.32 Å². The molecule has 2 aliphatic rings. The van der Waals surface area contributed by atoms with E-state index in [9.17, 15) is 4.79 Å². The van der Waals surface area contributed by atoms with E-state index in [-0.39, 0.29) is 5.78 Å². The average Bonchev–Trinajstić information content (AvgIpc) is 2.71. The Morgan fingerprint density at radius 3 is 2.82 bits per heavy atom. The summed E-state index contributed by atoms with van der Waals surface area (Å²) in [6.07, 6.45) is 8.46. The maximum absolute atomic E-state index is 12.8. The Bertz CT molecular complexity index is 846. The van der Waals surface area contributed by atoms with Gasteiger partial charge in [-0.2, -0.15) is 0 Å². The number of nitrogens with zero attached hydrogens (tertiary/aromatic N) is 3. The Balaban J connectivity index is 1.34. The first-order valence-corrected chi connectivity index (χ1v) is 11.1. The van der Waals surface area contributed by atoms with Crippen molar-refractivity contribution in [1.29, 1.82) is 0 Å². The molecular formula is C22H28N4OS. The number of hydrogen-bond donors (Lipinski definition) is 1. The molecule has 148 valence electrons. The van der Waals surface area contributed by atoms with Crippen molar-refractivity contribution in [3.05, 3.63) is 36.2 Å². The number of piperidine rings is 1. The van der Waals surface area contributed by atoms with Crippen molar-refractivity contribution in [1.82, 2.24) is 14.9 Å². The van der Waals surface area contributed by atoms with Gasteiger partial charge in [0, 0.05) is 22.9 Å². The molecule has 2 aromatic rings. The molecule has 0 radical (unpaired) electrons. The van der Waals surface area contributed by atoms with E-state index in [1.165, 1.54) is 25.7 Å². The van der Waals surface area contributed by atoms with Gasteiger partial charge >= 0.3 is 0 Å². The second-order valence-electron chi connectivity index (χ2n) is 8.26. The van der Waals surface area contributed by atoms with E-state index in [0.717, 1.165) is 51.9 Å². The molecule has 6 heteroatoms. The van der Waals surface area contributed by atoms with Crippen molar-refractivity contribution in [3.8, 4) is 0 Å². The number of Topliss-reactive ketones (excluding diaryl/α,β-unsaturated/α-hetero) is 1. The number of carbonyl (C=O) groups is 1. The van der Waals surface area contributed by atoms with Crippen LogP contribution in [-0.2, 0) is 0 Å². The van der Waals surface area contributed by atoms with Crippen LogP contribution in [0.2, 0.25) is 0 Å². The molecule has 0 aliphatic carbocycles. The Kier molecular flexibility index (Phi) is 5.97. The molecule has 0 unspecified atom stereocenters. The lowest BCUT2D eigenvalue weighted by Crippen LogP contribution is -2.37. The van der Waals surface area contributed by atoms with E-state index in [1.54, 1.807) is 24.2 Å². The molecule has 5 nitrogen and oxygen atoms in total. The molecule has 28 heavy (non-hydrogen) atoms. The molecule has 1 aromatic carbocycles. The molecule has 1 N–H and O–H groups in total. The van der Waals surface area contributed by atoms with Gasteiger partial charge in [0.15, 0.2) is 11.6 Å². The van der Waals surface area contributed by atoms with Gasteiger partial charge in [-0.25, -0.2) is 9.97 Å². The van der Waals surface area contributed by atoms with E-state index >= 15 is 0 Å². The summed E-state index contributed by atoms with van der Waals surface area (Å²) in [4.78, 5) is 24.9. The Hall–Kier alpha value is -1.92. The Labute approximate surface area is 171 Å². The van der Waals surface area contributed by atoms with E-state index in [0.29, 0.717) is 6.54 Å². The standard InChI is InChI=1S/C22H28N4OS/c1-15(2)3-4-16-7-11-26(12-8-16)14-19(27)17-5-6-20-18(13-17)25-21-22(28-20)24-10-9-23-21/h5-6,9-10,13,15-16H,3-4,7-8,11-12,14H2,1-2H3,(H,23,25). The zero-order valence-corrected chi connectivity index (χ0v) is 17.5. The first-order chi connectivity index (χ1) is 13.6. The smallest absolute Gasteiger partial charge is 0.176 e. The fourth-order valence-electron chi connectivity index (χ4n) is 3.90. The second kappa shape index (κ2) is 8.62. The Morgan fingerprint density at radius 2 is 2.04 bits per heavy atom. The number of anilines is 2. The topological polar surface area (TPSA) is 58.1 Å². The van der Waals surface area contributed by atoms with Crippen molar-refractivity contribution in [2.75, 3.05) is 25.0 Å². The minimum absolute atomic E-state index is 0.195. The van der Waals surface area contributed by atoms with Crippen LogP contribution in [-0.4, -0.2) is 40.3 Å². The van der Waals surface area contributed by atoms with Gasteiger partial charge in [-0.15, -0.1) is 0 Å². The van der Waals surface area contributed by atoms with Crippen molar-refractivity contribution in [2.45, 2.75) is 49.5 Å². The minimum Gasteiger partial charge on any atom is -0.337 e. The number of carbonyl (C=O) groups excluding carboxylic acids is 1. The molecule has 1 fully saturated rings. The average molecular weight is 397 g/mol. The van der Waals surface area contributed by atoms with Gasteiger partial charge in [-0.1, -0.05) is 44.5 Å². The molecule has 1 saturated heterocycles. The zero-order chi connectivity index (χ0) is 19.5. The van der Waals surface area contributed by atoms with E-state index in [4.69, 9.17) is 0 Å². The monoisotopic (exact) mass is 396 g/mol. The predicted octanol–water partition coefficient (Wildman–Crippen LogP) is 5.02. The molecule has 4 rings (SSSR count).